The summed E-state index contributed by atoms with van der Waals surface area (Å²) in [6.45, 7) is 5.76. The van der Waals surface area contributed by atoms with Crippen LogP contribution in [-0.4, -0.2) is 18.5 Å². The number of anilines is 1. The van der Waals surface area contributed by atoms with Gasteiger partial charge in [0.15, 0.2) is 0 Å². The Hall–Kier alpha value is -2.31. The monoisotopic (exact) mass is 339 g/mol. The average molecular weight is 339 g/mol. The lowest BCUT2D eigenvalue weighted by Crippen LogP contribution is -2.23. The van der Waals surface area contributed by atoms with Crippen LogP contribution in [0.25, 0.3) is 0 Å². The molecule has 1 atom stereocenters. The number of fused-ring (bicyclic) bond motifs is 1. The van der Waals surface area contributed by atoms with Crippen molar-refractivity contribution in [1.82, 2.24) is 0 Å². The Bertz CT molecular complexity index is 726. The van der Waals surface area contributed by atoms with Crippen molar-refractivity contribution in [2.75, 3.05) is 5.32 Å². The molecule has 0 spiro atoms. The molecular weight excluding hydrogens is 319 g/mol. The van der Waals surface area contributed by atoms with Gasteiger partial charge >= 0.3 is 0 Å². The number of amides is 1. The summed E-state index contributed by atoms with van der Waals surface area (Å²) in [5, 5.41) is 9.65. The highest BCUT2D eigenvalue weighted by Crippen LogP contribution is 2.49. The van der Waals surface area contributed by atoms with Crippen molar-refractivity contribution in [1.29, 1.82) is 5.41 Å². The van der Waals surface area contributed by atoms with Crippen LogP contribution >= 0.6 is 0 Å². The molecule has 0 saturated carbocycles. The molecule has 2 rings (SSSR count). The lowest BCUT2D eigenvalue weighted by atomic mass is 9.85. The predicted molar refractivity (Wildman–Crippen MR) is 87.1 cm³/mol. The zero-order chi connectivity index (χ0) is 18.2. The van der Waals surface area contributed by atoms with Crippen LogP contribution in [-0.2, 0) is 10.2 Å². The molecule has 0 aromatic heterocycles. The van der Waals surface area contributed by atoms with Gasteiger partial charge in [-0.1, -0.05) is 20.8 Å². The van der Waals surface area contributed by atoms with Crippen LogP contribution in [0.1, 0.15) is 44.2 Å². The Morgan fingerprint density at radius 2 is 2.08 bits per heavy atom. The molecule has 1 aliphatic carbocycles. The summed E-state index contributed by atoms with van der Waals surface area (Å²) < 4.78 is 39.6. The first kappa shape index (κ1) is 18.0. The van der Waals surface area contributed by atoms with Crippen LogP contribution in [0.2, 0.25) is 0 Å². The SMILES string of the molecule is CC1CC(C)(C)c2c(F)ccc(NC(=O)C(C=N)=C(N)C(F)F)c21. The second kappa shape index (κ2) is 6.30. The van der Waals surface area contributed by atoms with Crippen LogP contribution in [0, 0.1) is 11.2 Å². The first-order valence-corrected chi connectivity index (χ1v) is 7.52. The van der Waals surface area contributed by atoms with Crippen molar-refractivity contribution in [3.63, 3.8) is 0 Å². The third-order valence-electron chi connectivity index (χ3n) is 4.36. The predicted octanol–water partition coefficient (Wildman–Crippen LogP) is 3.68. The van der Waals surface area contributed by atoms with E-state index in [1.165, 1.54) is 12.1 Å². The molecule has 4 N–H and O–H groups in total. The van der Waals surface area contributed by atoms with E-state index in [9.17, 15) is 18.0 Å². The van der Waals surface area contributed by atoms with Crippen molar-refractivity contribution in [2.45, 2.75) is 45.0 Å². The number of rotatable bonds is 4. The quantitative estimate of drug-likeness (QED) is 0.578. The standard InChI is InChI=1S/C17H20F3N3O/c1-8-6-17(2,3)13-10(18)4-5-11(12(8)13)23-16(24)9(7-21)14(22)15(19)20/h4-5,7-8,15,21H,6,22H2,1-3H3,(H,23,24). The molecule has 1 unspecified atom stereocenters. The molecule has 0 radical (unpaired) electrons. The van der Waals surface area contributed by atoms with Gasteiger partial charge in [-0.2, -0.15) is 0 Å². The molecule has 24 heavy (non-hydrogen) atoms. The minimum Gasteiger partial charge on any atom is -0.397 e. The number of benzene rings is 1. The molecule has 0 heterocycles. The summed E-state index contributed by atoms with van der Waals surface area (Å²) in [5.41, 5.74) is 4.78. The van der Waals surface area contributed by atoms with E-state index >= 15 is 0 Å². The van der Waals surface area contributed by atoms with Gasteiger partial charge in [0.1, 0.15) is 5.82 Å². The van der Waals surface area contributed by atoms with E-state index in [2.05, 4.69) is 5.32 Å². The summed E-state index contributed by atoms with van der Waals surface area (Å²) in [4.78, 5) is 12.2. The van der Waals surface area contributed by atoms with Gasteiger partial charge in [0, 0.05) is 11.9 Å². The highest BCUT2D eigenvalue weighted by atomic mass is 19.3. The van der Waals surface area contributed by atoms with Crippen LogP contribution < -0.4 is 11.1 Å². The molecule has 130 valence electrons. The van der Waals surface area contributed by atoms with Crippen LogP contribution in [0.4, 0.5) is 18.9 Å². The Kier molecular flexibility index (Phi) is 4.73. The minimum atomic E-state index is -3.04. The van der Waals surface area contributed by atoms with Gasteiger partial charge in [-0.3, -0.25) is 4.79 Å². The maximum Gasteiger partial charge on any atom is 0.278 e. The molecule has 4 nitrogen and oxygen atoms in total. The highest BCUT2D eigenvalue weighted by molar-refractivity contribution is 6.18. The molecule has 1 aromatic rings. The molecule has 0 bridgehead atoms. The number of hydrogen-bond donors (Lipinski definition) is 3. The summed E-state index contributed by atoms with van der Waals surface area (Å²) in [6.07, 6.45) is -1.84. The van der Waals surface area contributed by atoms with Crippen LogP contribution in [0.3, 0.4) is 0 Å². The van der Waals surface area contributed by atoms with E-state index in [4.69, 9.17) is 11.1 Å². The number of allylic oxidation sites excluding steroid dienone is 1. The van der Waals surface area contributed by atoms with E-state index < -0.39 is 23.6 Å². The molecule has 0 aliphatic heterocycles. The van der Waals surface area contributed by atoms with Crippen LogP contribution in [0.15, 0.2) is 23.4 Å². The van der Waals surface area contributed by atoms with Gasteiger partial charge < -0.3 is 16.5 Å². The molecule has 1 aliphatic rings. The number of nitrogens with two attached hydrogens (primary N) is 1. The molecule has 0 saturated heterocycles. The number of hydrogen-bond acceptors (Lipinski definition) is 3. The summed E-state index contributed by atoms with van der Waals surface area (Å²) >= 11 is 0. The van der Waals surface area contributed by atoms with Gasteiger partial charge in [-0.05, 0) is 41.0 Å². The normalized spacial score (nSPS) is 19.7. The first-order chi connectivity index (χ1) is 11.1. The Morgan fingerprint density at radius 1 is 1.46 bits per heavy atom. The first-order valence-electron chi connectivity index (χ1n) is 7.52. The summed E-state index contributed by atoms with van der Waals surface area (Å²) in [7, 11) is 0. The van der Waals surface area contributed by atoms with Gasteiger partial charge in [0.05, 0.1) is 11.3 Å². The fourth-order valence-corrected chi connectivity index (χ4v) is 3.46. The van der Waals surface area contributed by atoms with Gasteiger partial charge in [0.25, 0.3) is 12.3 Å². The molecule has 0 fully saturated rings. The van der Waals surface area contributed by atoms with Crippen molar-refractivity contribution in [3.05, 3.63) is 40.3 Å². The summed E-state index contributed by atoms with van der Waals surface area (Å²) in [6, 6.07) is 2.66. The molecule has 1 aromatic carbocycles. The fourth-order valence-electron chi connectivity index (χ4n) is 3.46. The van der Waals surface area contributed by atoms with Crippen molar-refractivity contribution < 1.29 is 18.0 Å². The van der Waals surface area contributed by atoms with Gasteiger partial charge in [-0.15, -0.1) is 0 Å². The number of carbonyl (C=O) groups is 1. The second-order valence-electron chi connectivity index (χ2n) is 6.64. The van der Waals surface area contributed by atoms with Gasteiger partial charge in [0.2, 0.25) is 0 Å². The Balaban J connectivity index is 2.46. The zero-order valence-electron chi connectivity index (χ0n) is 13.7. The fraction of sp³-hybridized carbons (Fsp3) is 0.412. The largest absolute Gasteiger partial charge is 0.397 e. The van der Waals surface area contributed by atoms with Gasteiger partial charge in [-0.25, -0.2) is 13.2 Å². The van der Waals surface area contributed by atoms with E-state index in [0.717, 1.165) is 0 Å². The highest BCUT2D eigenvalue weighted by Gasteiger charge is 2.39. The van der Waals surface area contributed by atoms with E-state index in [-0.39, 0.29) is 17.2 Å². The average Bonchev–Trinajstić information content (AvgIpc) is 2.73. The van der Waals surface area contributed by atoms with Crippen molar-refractivity contribution in [2.24, 2.45) is 5.73 Å². The number of nitrogens with one attached hydrogen (secondary N) is 2. The molecule has 7 heteroatoms. The van der Waals surface area contributed by atoms with E-state index in [1.54, 1.807) is 0 Å². The third kappa shape index (κ3) is 3.02. The van der Waals surface area contributed by atoms with Crippen molar-refractivity contribution >= 4 is 17.8 Å². The topological polar surface area (TPSA) is 79.0 Å². The number of alkyl halides is 2. The number of halogens is 3. The lowest BCUT2D eigenvalue weighted by Gasteiger charge is -2.20. The maximum absolute atomic E-state index is 14.3. The zero-order valence-corrected chi connectivity index (χ0v) is 13.7. The van der Waals surface area contributed by atoms with Crippen molar-refractivity contribution in [3.8, 4) is 0 Å². The van der Waals surface area contributed by atoms with E-state index in [0.29, 0.717) is 29.4 Å². The minimum absolute atomic E-state index is 0.000793. The lowest BCUT2D eigenvalue weighted by molar-refractivity contribution is -0.112. The third-order valence-corrected chi connectivity index (χ3v) is 4.36. The van der Waals surface area contributed by atoms with E-state index in [1.807, 2.05) is 20.8 Å². The Labute approximate surface area is 138 Å². The maximum atomic E-state index is 14.3. The second-order valence-corrected chi connectivity index (χ2v) is 6.64. The number of carbonyl (C=O) groups excluding carboxylic acids is 1. The Morgan fingerprint density at radius 3 is 2.62 bits per heavy atom. The molecular formula is C17H20F3N3O. The van der Waals surface area contributed by atoms with Crippen LogP contribution in [0.5, 0.6) is 0 Å². The summed E-state index contributed by atoms with van der Waals surface area (Å²) in [5.74, 6) is -1.26. The molecule has 1 amide bonds. The smallest absolute Gasteiger partial charge is 0.278 e.